The summed E-state index contributed by atoms with van der Waals surface area (Å²) in [5.41, 5.74) is 0.0770. The van der Waals surface area contributed by atoms with Gasteiger partial charge < -0.3 is 9.84 Å². The molecule has 0 aliphatic rings. The number of benzene rings is 1. The molecule has 0 amide bonds. The average molecular weight is 292 g/mol. The first-order valence-corrected chi connectivity index (χ1v) is 5.16. The summed E-state index contributed by atoms with van der Waals surface area (Å²) in [4.78, 5) is 10.8. The third-order valence-electron chi connectivity index (χ3n) is 1.56. The summed E-state index contributed by atoms with van der Waals surface area (Å²) in [5.74, 6) is -0.822. The molecular weight excluding hydrogens is 283 g/mol. The van der Waals surface area contributed by atoms with Gasteiger partial charge >= 0.3 is 5.97 Å². The molecule has 5 heteroatoms. The second kappa shape index (κ2) is 5.19. The summed E-state index contributed by atoms with van der Waals surface area (Å²) in [6.07, 6.45) is 0. The van der Waals surface area contributed by atoms with Crippen LogP contribution in [0.5, 0.6) is 5.75 Å². The number of carbonyl (C=O) groups is 1. The molecule has 3 nitrogen and oxygen atoms in total. The van der Waals surface area contributed by atoms with Crippen LogP contribution in [0.25, 0.3) is 0 Å². The number of halogens is 2. The van der Waals surface area contributed by atoms with Crippen molar-refractivity contribution in [2.45, 2.75) is 0 Å². The zero-order valence-electron chi connectivity index (χ0n) is 7.67. The van der Waals surface area contributed by atoms with Crippen LogP contribution in [0.2, 0.25) is 5.02 Å². The van der Waals surface area contributed by atoms with Crippen molar-refractivity contribution in [1.82, 2.24) is 0 Å². The van der Waals surface area contributed by atoms with E-state index in [-0.39, 0.29) is 17.9 Å². The maximum Gasteiger partial charge on any atom is 0.339 e. The molecule has 15 heavy (non-hydrogen) atoms. The lowest BCUT2D eigenvalue weighted by Crippen LogP contribution is -2.04. The van der Waals surface area contributed by atoms with Crippen LogP contribution in [0.15, 0.2) is 29.3 Å². The maximum atomic E-state index is 10.8. The standard InChI is InChI=1S/C10H8BrClO3/c1-6(11)5-15-9-4-7(12)2-3-8(9)10(13)14/h2-4H,1,5H2,(H,13,14). The van der Waals surface area contributed by atoms with Gasteiger partial charge in [-0.1, -0.05) is 34.1 Å². The first-order chi connectivity index (χ1) is 7.00. The number of hydrogen-bond acceptors (Lipinski definition) is 2. The number of carboxylic acid groups (broad SMARTS) is 1. The van der Waals surface area contributed by atoms with Crippen LogP contribution in [0, 0.1) is 0 Å². The molecule has 1 N–H and O–H groups in total. The van der Waals surface area contributed by atoms with Gasteiger partial charge in [-0.25, -0.2) is 4.79 Å². The molecule has 0 aromatic heterocycles. The first kappa shape index (κ1) is 12.1. The second-order valence-electron chi connectivity index (χ2n) is 2.75. The topological polar surface area (TPSA) is 46.5 Å². The van der Waals surface area contributed by atoms with Crippen LogP contribution in [0.4, 0.5) is 0 Å². The minimum atomic E-state index is -1.05. The average Bonchev–Trinajstić information content (AvgIpc) is 2.14. The zero-order valence-corrected chi connectivity index (χ0v) is 10.0. The molecule has 0 saturated carbocycles. The van der Waals surface area contributed by atoms with Gasteiger partial charge in [0.1, 0.15) is 17.9 Å². The van der Waals surface area contributed by atoms with Gasteiger partial charge in [0.2, 0.25) is 0 Å². The Balaban J connectivity index is 2.96. The van der Waals surface area contributed by atoms with Crippen LogP contribution in [-0.4, -0.2) is 17.7 Å². The number of rotatable bonds is 4. The lowest BCUT2D eigenvalue weighted by Gasteiger charge is -2.08. The van der Waals surface area contributed by atoms with Crippen molar-refractivity contribution in [3.63, 3.8) is 0 Å². The van der Waals surface area contributed by atoms with Gasteiger partial charge in [0.05, 0.1) is 0 Å². The van der Waals surface area contributed by atoms with Crippen molar-refractivity contribution in [1.29, 1.82) is 0 Å². The van der Waals surface area contributed by atoms with Crippen LogP contribution >= 0.6 is 27.5 Å². The van der Waals surface area contributed by atoms with Crippen molar-refractivity contribution in [2.24, 2.45) is 0 Å². The van der Waals surface area contributed by atoms with Crippen LogP contribution < -0.4 is 4.74 Å². The molecule has 80 valence electrons. The lowest BCUT2D eigenvalue weighted by atomic mass is 10.2. The van der Waals surface area contributed by atoms with E-state index >= 15 is 0 Å². The van der Waals surface area contributed by atoms with Crippen molar-refractivity contribution < 1.29 is 14.6 Å². The molecule has 0 spiro atoms. The molecule has 0 fully saturated rings. The summed E-state index contributed by atoms with van der Waals surface area (Å²) in [7, 11) is 0. The molecule has 0 atom stereocenters. The summed E-state index contributed by atoms with van der Waals surface area (Å²) in [5, 5.41) is 9.29. The molecule has 0 unspecified atom stereocenters. The summed E-state index contributed by atoms with van der Waals surface area (Å²) < 4.78 is 5.85. The number of aromatic carboxylic acids is 1. The van der Waals surface area contributed by atoms with E-state index in [1.165, 1.54) is 18.2 Å². The zero-order chi connectivity index (χ0) is 11.4. The maximum absolute atomic E-state index is 10.8. The molecule has 0 radical (unpaired) electrons. The minimum Gasteiger partial charge on any atom is -0.487 e. The van der Waals surface area contributed by atoms with Gasteiger partial charge in [-0.2, -0.15) is 0 Å². The van der Waals surface area contributed by atoms with Gasteiger partial charge in [-0.3, -0.25) is 0 Å². The van der Waals surface area contributed by atoms with Crippen molar-refractivity contribution in [3.8, 4) is 5.75 Å². The Labute approximate surface area is 100 Å². The van der Waals surface area contributed by atoms with Crippen molar-refractivity contribution in [3.05, 3.63) is 39.8 Å². The Bertz CT molecular complexity index is 404. The van der Waals surface area contributed by atoms with E-state index in [4.69, 9.17) is 21.4 Å². The van der Waals surface area contributed by atoms with Crippen molar-refractivity contribution in [2.75, 3.05) is 6.61 Å². The fraction of sp³-hybridized carbons (Fsp3) is 0.100. The Morgan fingerprint density at radius 1 is 1.60 bits per heavy atom. The molecule has 0 heterocycles. The van der Waals surface area contributed by atoms with Gasteiger partial charge in [-0.05, 0) is 18.2 Å². The fourth-order valence-corrected chi connectivity index (χ4v) is 1.22. The second-order valence-corrected chi connectivity index (χ2v) is 4.31. The number of ether oxygens (including phenoxy) is 1. The first-order valence-electron chi connectivity index (χ1n) is 3.99. The summed E-state index contributed by atoms with van der Waals surface area (Å²) in [6.45, 7) is 3.77. The largest absolute Gasteiger partial charge is 0.487 e. The van der Waals surface area contributed by atoms with E-state index in [1.807, 2.05) is 0 Å². The van der Waals surface area contributed by atoms with Gasteiger partial charge in [0.15, 0.2) is 0 Å². The third-order valence-corrected chi connectivity index (χ3v) is 2.02. The molecule has 1 rings (SSSR count). The third kappa shape index (κ3) is 3.57. The van der Waals surface area contributed by atoms with Crippen molar-refractivity contribution >= 4 is 33.5 Å². The molecule has 1 aromatic carbocycles. The highest BCUT2D eigenvalue weighted by Crippen LogP contribution is 2.24. The number of hydrogen-bond donors (Lipinski definition) is 1. The highest BCUT2D eigenvalue weighted by molar-refractivity contribution is 9.11. The Hall–Kier alpha value is -1.00. The smallest absolute Gasteiger partial charge is 0.339 e. The highest BCUT2D eigenvalue weighted by atomic mass is 79.9. The minimum absolute atomic E-state index is 0.0770. The monoisotopic (exact) mass is 290 g/mol. The van der Waals surface area contributed by atoms with Gasteiger partial charge in [-0.15, -0.1) is 0 Å². The summed E-state index contributed by atoms with van der Waals surface area (Å²) >= 11 is 8.84. The summed E-state index contributed by atoms with van der Waals surface area (Å²) in [6, 6.07) is 4.36. The normalized spacial score (nSPS) is 9.73. The van der Waals surface area contributed by atoms with Gasteiger partial charge in [0, 0.05) is 9.51 Å². The van der Waals surface area contributed by atoms with E-state index < -0.39 is 5.97 Å². The lowest BCUT2D eigenvalue weighted by molar-refractivity contribution is 0.0693. The van der Waals surface area contributed by atoms with E-state index in [0.717, 1.165) is 0 Å². The molecule has 0 saturated heterocycles. The Kier molecular flexibility index (Phi) is 4.17. The van der Waals surface area contributed by atoms with Crippen LogP contribution in [0.3, 0.4) is 0 Å². The molecule has 0 aliphatic heterocycles. The molecular formula is C10H8BrClO3. The van der Waals surface area contributed by atoms with E-state index in [1.54, 1.807) is 0 Å². The Morgan fingerprint density at radius 3 is 2.80 bits per heavy atom. The Morgan fingerprint density at radius 2 is 2.27 bits per heavy atom. The van der Waals surface area contributed by atoms with Crippen LogP contribution in [-0.2, 0) is 0 Å². The fourth-order valence-electron chi connectivity index (χ4n) is 0.948. The predicted octanol–water partition coefficient (Wildman–Crippen LogP) is 3.33. The van der Waals surface area contributed by atoms with E-state index in [9.17, 15) is 4.79 Å². The SMILES string of the molecule is C=C(Br)COc1cc(Cl)ccc1C(=O)O. The molecule has 0 bridgehead atoms. The highest BCUT2D eigenvalue weighted by Gasteiger charge is 2.11. The molecule has 1 aromatic rings. The van der Waals surface area contributed by atoms with E-state index in [2.05, 4.69) is 22.5 Å². The number of carboxylic acids is 1. The molecule has 0 aliphatic carbocycles. The quantitative estimate of drug-likeness (QED) is 0.925. The van der Waals surface area contributed by atoms with Gasteiger partial charge in [0.25, 0.3) is 0 Å². The predicted molar refractivity (Wildman–Crippen MR) is 62.0 cm³/mol. The van der Waals surface area contributed by atoms with E-state index in [0.29, 0.717) is 9.51 Å². The van der Waals surface area contributed by atoms with Crippen LogP contribution in [0.1, 0.15) is 10.4 Å².